The fourth-order valence-electron chi connectivity index (χ4n) is 3.74. The third kappa shape index (κ3) is 2.39. The Bertz CT molecular complexity index is 627. The predicted octanol–water partition coefficient (Wildman–Crippen LogP) is 1.32. The van der Waals surface area contributed by atoms with Crippen LogP contribution in [0.15, 0.2) is 4.52 Å². The number of nitrogens with zero attached hydrogens (tertiary/aromatic N) is 2. The highest BCUT2D eigenvalue weighted by Gasteiger charge is 2.61. The summed E-state index contributed by atoms with van der Waals surface area (Å²) in [5, 5.41) is 3.96. The standard InChI is InChI=1S/C15H24N2O4S/c1-4-20-8-13-5-6-22(18,19)15(13)9-17(10-15)7-14-11(2)16-21-12(14)3/h13H,4-10H2,1-3H3/t13-/m1/s1. The van der Waals surface area contributed by atoms with E-state index in [-0.39, 0.29) is 5.92 Å². The largest absolute Gasteiger partial charge is 0.381 e. The van der Waals surface area contributed by atoms with Gasteiger partial charge in [0.1, 0.15) is 10.5 Å². The van der Waals surface area contributed by atoms with Crippen LogP contribution in [0.4, 0.5) is 0 Å². The Morgan fingerprint density at radius 1 is 1.41 bits per heavy atom. The zero-order chi connectivity index (χ0) is 16.0. The molecule has 1 spiro atoms. The second kappa shape index (κ2) is 5.62. The summed E-state index contributed by atoms with van der Waals surface area (Å²) < 4.78 is 35.1. The molecule has 1 aromatic rings. The topological polar surface area (TPSA) is 72.6 Å². The van der Waals surface area contributed by atoms with E-state index in [2.05, 4.69) is 10.1 Å². The number of sulfone groups is 1. The number of aromatic nitrogens is 1. The molecule has 1 atom stereocenters. The summed E-state index contributed by atoms with van der Waals surface area (Å²) in [7, 11) is -3.02. The highest BCUT2D eigenvalue weighted by Crippen LogP contribution is 2.45. The van der Waals surface area contributed by atoms with E-state index in [4.69, 9.17) is 9.26 Å². The van der Waals surface area contributed by atoms with Crippen molar-refractivity contribution in [1.29, 1.82) is 0 Å². The molecule has 1 aromatic heterocycles. The lowest BCUT2D eigenvalue weighted by Crippen LogP contribution is -2.67. The molecule has 0 unspecified atom stereocenters. The molecule has 0 bridgehead atoms. The molecular weight excluding hydrogens is 304 g/mol. The molecule has 3 heterocycles. The molecule has 3 rings (SSSR count). The monoisotopic (exact) mass is 328 g/mol. The van der Waals surface area contributed by atoms with Crippen LogP contribution < -0.4 is 0 Å². The van der Waals surface area contributed by atoms with E-state index in [0.29, 0.717) is 38.6 Å². The van der Waals surface area contributed by atoms with Gasteiger partial charge >= 0.3 is 0 Å². The van der Waals surface area contributed by atoms with Crippen LogP contribution in [0.2, 0.25) is 0 Å². The summed E-state index contributed by atoms with van der Waals surface area (Å²) >= 11 is 0. The molecule has 7 heteroatoms. The van der Waals surface area contributed by atoms with Gasteiger partial charge in [0.25, 0.3) is 0 Å². The number of ether oxygens (including phenoxy) is 1. The van der Waals surface area contributed by atoms with Crippen molar-refractivity contribution in [1.82, 2.24) is 10.1 Å². The van der Waals surface area contributed by atoms with Crippen LogP contribution in [-0.4, -0.2) is 55.3 Å². The number of hydrogen-bond acceptors (Lipinski definition) is 6. The summed E-state index contributed by atoms with van der Waals surface area (Å²) in [4.78, 5) is 2.17. The third-order valence-corrected chi connectivity index (χ3v) is 7.77. The quantitative estimate of drug-likeness (QED) is 0.812. The second-order valence-corrected chi connectivity index (χ2v) is 8.93. The van der Waals surface area contributed by atoms with Crippen molar-refractivity contribution in [2.45, 2.75) is 38.5 Å². The smallest absolute Gasteiger partial charge is 0.158 e. The molecule has 0 saturated carbocycles. The van der Waals surface area contributed by atoms with Gasteiger partial charge in [-0.2, -0.15) is 0 Å². The van der Waals surface area contributed by atoms with Crippen molar-refractivity contribution in [2.75, 3.05) is 32.1 Å². The Morgan fingerprint density at radius 2 is 2.14 bits per heavy atom. The molecule has 2 saturated heterocycles. The van der Waals surface area contributed by atoms with Crippen molar-refractivity contribution in [3.05, 3.63) is 17.0 Å². The van der Waals surface area contributed by atoms with Crippen LogP contribution in [0, 0.1) is 19.8 Å². The number of aryl methyl sites for hydroxylation is 2. The fraction of sp³-hybridized carbons (Fsp3) is 0.800. The minimum absolute atomic E-state index is 0.123. The third-order valence-electron chi connectivity index (χ3n) is 5.17. The summed E-state index contributed by atoms with van der Waals surface area (Å²) in [6.45, 7) is 8.85. The predicted molar refractivity (Wildman–Crippen MR) is 82.4 cm³/mol. The van der Waals surface area contributed by atoms with Crippen LogP contribution in [0.1, 0.15) is 30.4 Å². The van der Waals surface area contributed by atoms with Gasteiger partial charge in [0.15, 0.2) is 9.84 Å². The average Bonchev–Trinajstić information content (AvgIpc) is 2.87. The SMILES string of the molecule is CCOC[C@H]1CCS(=O)(=O)C12CN(Cc1c(C)noc1C)C2. The fourth-order valence-corrected chi connectivity index (χ4v) is 6.20. The first-order valence-corrected chi connectivity index (χ1v) is 9.49. The first-order valence-electron chi connectivity index (χ1n) is 7.84. The molecule has 0 aliphatic carbocycles. The zero-order valence-electron chi connectivity index (χ0n) is 13.5. The van der Waals surface area contributed by atoms with Gasteiger partial charge in [-0.05, 0) is 27.2 Å². The van der Waals surface area contributed by atoms with E-state index in [1.165, 1.54) is 0 Å². The molecule has 2 aliphatic rings. The lowest BCUT2D eigenvalue weighted by Gasteiger charge is -2.50. The Labute approximate surface area is 131 Å². The van der Waals surface area contributed by atoms with Crippen LogP contribution in [0.5, 0.6) is 0 Å². The van der Waals surface area contributed by atoms with Crippen molar-refractivity contribution in [3.63, 3.8) is 0 Å². The molecule has 2 aliphatic heterocycles. The molecule has 2 fully saturated rings. The highest BCUT2D eigenvalue weighted by atomic mass is 32.2. The van der Waals surface area contributed by atoms with Crippen LogP contribution in [0.25, 0.3) is 0 Å². The zero-order valence-corrected chi connectivity index (χ0v) is 14.3. The van der Waals surface area contributed by atoms with Crippen molar-refractivity contribution in [3.8, 4) is 0 Å². The summed E-state index contributed by atoms with van der Waals surface area (Å²) in [5.41, 5.74) is 1.96. The van der Waals surface area contributed by atoms with E-state index in [0.717, 1.165) is 23.4 Å². The maximum absolute atomic E-state index is 12.5. The van der Waals surface area contributed by atoms with E-state index < -0.39 is 14.6 Å². The van der Waals surface area contributed by atoms with Gasteiger partial charge in [-0.3, -0.25) is 4.90 Å². The normalized spacial score (nSPS) is 26.4. The van der Waals surface area contributed by atoms with Gasteiger partial charge < -0.3 is 9.26 Å². The molecule has 6 nitrogen and oxygen atoms in total. The Kier molecular flexibility index (Phi) is 4.07. The van der Waals surface area contributed by atoms with Gasteiger partial charge in [0, 0.05) is 37.7 Å². The van der Waals surface area contributed by atoms with Crippen molar-refractivity contribution >= 4 is 9.84 Å². The summed E-state index contributed by atoms with van der Waals surface area (Å²) in [6.07, 6.45) is 0.724. The summed E-state index contributed by atoms with van der Waals surface area (Å²) in [6, 6.07) is 0. The van der Waals surface area contributed by atoms with Crippen molar-refractivity contribution < 1.29 is 17.7 Å². The van der Waals surface area contributed by atoms with E-state index in [1.807, 2.05) is 20.8 Å². The average molecular weight is 328 g/mol. The maximum atomic E-state index is 12.5. The molecule has 0 aromatic carbocycles. The molecule has 0 amide bonds. The summed E-state index contributed by atoms with van der Waals surface area (Å²) in [5.74, 6) is 1.24. The maximum Gasteiger partial charge on any atom is 0.158 e. The van der Waals surface area contributed by atoms with Gasteiger partial charge in [0.2, 0.25) is 0 Å². The molecule has 0 radical (unpaired) electrons. The van der Waals surface area contributed by atoms with E-state index in [9.17, 15) is 8.42 Å². The lowest BCUT2D eigenvalue weighted by molar-refractivity contribution is 0.0289. The van der Waals surface area contributed by atoms with Gasteiger partial charge in [-0.25, -0.2) is 8.42 Å². The first kappa shape index (κ1) is 16.0. The van der Waals surface area contributed by atoms with E-state index in [1.54, 1.807) is 0 Å². The number of rotatable bonds is 5. The van der Waals surface area contributed by atoms with Gasteiger partial charge in [0.05, 0.1) is 18.1 Å². The Morgan fingerprint density at radius 3 is 2.73 bits per heavy atom. The minimum atomic E-state index is -3.02. The van der Waals surface area contributed by atoms with Crippen LogP contribution >= 0.6 is 0 Å². The highest BCUT2D eigenvalue weighted by molar-refractivity contribution is 7.93. The van der Waals surface area contributed by atoms with Crippen molar-refractivity contribution in [2.24, 2.45) is 5.92 Å². The Hall–Kier alpha value is -0.920. The number of hydrogen-bond donors (Lipinski definition) is 0. The number of likely N-dealkylation sites (tertiary alicyclic amines) is 1. The molecular formula is C15H24N2O4S. The Balaban J connectivity index is 1.71. The molecule has 0 N–H and O–H groups in total. The molecule has 124 valence electrons. The minimum Gasteiger partial charge on any atom is -0.381 e. The van der Waals surface area contributed by atoms with E-state index >= 15 is 0 Å². The van der Waals surface area contributed by atoms with Gasteiger partial charge in [-0.15, -0.1) is 0 Å². The van der Waals surface area contributed by atoms with Crippen LogP contribution in [-0.2, 0) is 21.1 Å². The molecule has 22 heavy (non-hydrogen) atoms. The lowest BCUT2D eigenvalue weighted by atomic mass is 9.83. The van der Waals surface area contributed by atoms with Gasteiger partial charge in [-0.1, -0.05) is 5.16 Å². The van der Waals surface area contributed by atoms with Crippen LogP contribution in [0.3, 0.4) is 0 Å². The second-order valence-electron chi connectivity index (χ2n) is 6.48. The first-order chi connectivity index (χ1) is 10.4.